The van der Waals surface area contributed by atoms with Crippen LogP contribution >= 0.6 is 0 Å². The van der Waals surface area contributed by atoms with Crippen molar-refractivity contribution in [3.8, 4) is 0 Å². The lowest BCUT2D eigenvalue weighted by molar-refractivity contribution is 0.220. The zero-order valence-corrected chi connectivity index (χ0v) is 11.6. The normalized spacial score (nSPS) is 12.0. The number of hydrogen-bond donors (Lipinski definition) is 0. The zero-order chi connectivity index (χ0) is 11.6. The van der Waals surface area contributed by atoms with Crippen molar-refractivity contribution in [3.05, 3.63) is 0 Å². The highest BCUT2D eigenvalue weighted by Crippen LogP contribution is 2.36. The summed E-state index contributed by atoms with van der Waals surface area (Å²) in [5, 5.41) is 0. The fourth-order valence-electron chi connectivity index (χ4n) is 2.56. The molecule has 0 radical (unpaired) electrons. The Hall–Kier alpha value is 0. The van der Waals surface area contributed by atoms with E-state index in [1.54, 1.807) is 0 Å². The molecule has 0 heterocycles. The molecule has 0 heteroatoms. The summed E-state index contributed by atoms with van der Waals surface area (Å²) < 4.78 is 0. The Labute approximate surface area is 97.8 Å². The maximum absolute atomic E-state index is 2.37. The van der Waals surface area contributed by atoms with Gasteiger partial charge in [0, 0.05) is 0 Å². The summed E-state index contributed by atoms with van der Waals surface area (Å²) in [4.78, 5) is 0. The van der Waals surface area contributed by atoms with E-state index in [0.29, 0.717) is 5.41 Å². The monoisotopic (exact) mass is 212 g/mol. The third kappa shape index (κ3) is 6.22. The highest BCUT2D eigenvalue weighted by atomic mass is 14.3. The third-order valence-electron chi connectivity index (χ3n) is 4.31. The van der Waals surface area contributed by atoms with Crippen molar-refractivity contribution in [2.75, 3.05) is 0 Å². The minimum Gasteiger partial charge on any atom is -0.0654 e. The fourth-order valence-corrected chi connectivity index (χ4v) is 2.56. The van der Waals surface area contributed by atoms with Gasteiger partial charge in [-0.2, -0.15) is 0 Å². The van der Waals surface area contributed by atoms with Gasteiger partial charge in [0.25, 0.3) is 0 Å². The van der Waals surface area contributed by atoms with Crippen LogP contribution in [0, 0.1) is 5.41 Å². The predicted octanol–water partition coefficient (Wildman–Crippen LogP) is 5.95. The first-order valence-corrected chi connectivity index (χ1v) is 7.24. The van der Waals surface area contributed by atoms with Gasteiger partial charge in [-0.05, 0) is 11.8 Å². The second kappa shape index (κ2) is 9.24. The van der Waals surface area contributed by atoms with Gasteiger partial charge in [0.15, 0.2) is 0 Å². The molecule has 0 aromatic rings. The molecular weight excluding hydrogens is 180 g/mol. The highest BCUT2D eigenvalue weighted by molar-refractivity contribution is 4.74. The smallest absolute Gasteiger partial charge is 0.0305 e. The quantitative estimate of drug-likeness (QED) is 0.392. The van der Waals surface area contributed by atoms with Crippen LogP contribution in [0.1, 0.15) is 91.9 Å². The van der Waals surface area contributed by atoms with Crippen LogP contribution in [0.25, 0.3) is 0 Å². The van der Waals surface area contributed by atoms with E-state index < -0.39 is 0 Å². The summed E-state index contributed by atoms with van der Waals surface area (Å²) in [6.45, 7) is 9.38. The van der Waals surface area contributed by atoms with E-state index >= 15 is 0 Å². The lowest BCUT2D eigenvalue weighted by Gasteiger charge is -2.30. The van der Waals surface area contributed by atoms with Gasteiger partial charge in [-0.25, -0.2) is 0 Å². The van der Waals surface area contributed by atoms with Crippen LogP contribution in [0.2, 0.25) is 0 Å². The lowest BCUT2D eigenvalue weighted by atomic mass is 9.75. The topological polar surface area (TPSA) is 0 Å². The van der Waals surface area contributed by atoms with Gasteiger partial charge in [-0.3, -0.25) is 0 Å². The van der Waals surface area contributed by atoms with Crippen LogP contribution in [0.5, 0.6) is 0 Å². The largest absolute Gasteiger partial charge is 0.0654 e. The molecule has 0 atom stereocenters. The molecule has 0 aromatic carbocycles. The van der Waals surface area contributed by atoms with E-state index in [0.717, 1.165) is 0 Å². The summed E-state index contributed by atoms with van der Waals surface area (Å²) in [6.07, 6.45) is 14.2. The van der Waals surface area contributed by atoms with Crippen LogP contribution in [-0.4, -0.2) is 0 Å². The number of rotatable bonds is 10. The minimum absolute atomic E-state index is 0.671. The van der Waals surface area contributed by atoms with Crippen LogP contribution in [0.15, 0.2) is 0 Å². The number of hydrogen-bond acceptors (Lipinski definition) is 0. The van der Waals surface area contributed by atoms with Crippen LogP contribution < -0.4 is 0 Å². The molecule has 0 rings (SSSR count). The van der Waals surface area contributed by atoms with Crippen molar-refractivity contribution in [2.24, 2.45) is 5.41 Å². The summed E-state index contributed by atoms with van der Waals surface area (Å²) >= 11 is 0. The Morgan fingerprint density at radius 3 is 1.53 bits per heavy atom. The first-order valence-electron chi connectivity index (χ1n) is 7.24. The predicted molar refractivity (Wildman–Crippen MR) is 71.3 cm³/mol. The van der Waals surface area contributed by atoms with E-state index in [2.05, 4.69) is 27.7 Å². The second-order valence-electron chi connectivity index (χ2n) is 5.08. The molecule has 0 amide bonds. The fraction of sp³-hybridized carbons (Fsp3) is 1.00. The van der Waals surface area contributed by atoms with Crippen molar-refractivity contribution in [2.45, 2.75) is 91.9 Å². The van der Waals surface area contributed by atoms with Gasteiger partial charge in [-0.15, -0.1) is 0 Å². The van der Waals surface area contributed by atoms with Gasteiger partial charge in [0.05, 0.1) is 0 Å². The molecule has 92 valence electrons. The third-order valence-corrected chi connectivity index (χ3v) is 4.31. The molecule has 0 aliphatic rings. The molecule has 0 nitrogen and oxygen atoms in total. The summed E-state index contributed by atoms with van der Waals surface area (Å²) in [5.41, 5.74) is 0.671. The molecule has 0 fully saturated rings. The Bertz CT molecular complexity index is 114. The lowest BCUT2D eigenvalue weighted by Crippen LogP contribution is -2.17. The van der Waals surface area contributed by atoms with Gasteiger partial charge in [0.1, 0.15) is 0 Å². The van der Waals surface area contributed by atoms with Crippen molar-refractivity contribution >= 4 is 0 Å². The molecule has 0 unspecified atom stereocenters. The highest BCUT2D eigenvalue weighted by Gasteiger charge is 2.22. The number of unbranched alkanes of at least 4 members (excludes halogenated alkanes) is 5. The summed E-state index contributed by atoms with van der Waals surface area (Å²) in [7, 11) is 0. The Morgan fingerprint density at radius 2 is 1.07 bits per heavy atom. The average molecular weight is 212 g/mol. The minimum atomic E-state index is 0.671. The van der Waals surface area contributed by atoms with E-state index in [4.69, 9.17) is 0 Å². The molecule has 0 N–H and O–H groups in total. The Morgan fingerprint density at radius 1 is 0.600 bits per heavy atom. The molecular formula is C15H32. The second-order valence-corrected chi connectivity index (χ2v) is 5.08. The van der Waals surface area contributed by atoms with Crippen molar-refractivity contribution in [1.82, 2.24) is 0 Å². The Kier molecular flexibility index (Phi) is 9.24. The standard InChI is InChI=1S/C15H32/c1-5-9-10-11-12-13-14-15(6-2,7-3)8-4/h5-14H2,1-4H3. The molecule has 0 spiro atoms. The van der Waals surface area contributed by atoms with Gasteiger partial charge in [0.2, 0.25) is 0 Å². The van der Waals surface area contributed by atoms with Gasteiger partial charge in [-0.1, -0.05) is 85.5 Å². The maximum Gasteiger partial charge on any atom is -0.0305 e. The van der Waals surface area contributed by atoms with Crippen molar-refractivity contribution in [1.29, 1.82) is 0 Å². The Balaban J connectivity index is 3.54. The SMILES string of the molecule is CCCCCCCCC(CC)(CC)CC. The molecule has 0 aromatic heterocycles. The van der Waals surface area contributed by atoms with Crippen molar-refractivity contribution in [3.63, 3.8) is 0 Å². The molecule has 15 heavy (non-hydrogen) atoms. The zero-order valence-electron chi connectivity index (χ0n) is 11.6. The average Bonchev–Trinajstić information content (AvgIpc) is 2.29. The van der Waals surface area contributed by atoms with Crippen molar-refractivity contribution < 1.29 is 0 Å². The van der Waals surface area contributed by atoms with Gasteiger partial charge >= 0.3 is 0 Å². The van der Waals surface area contributed by atoms with E-state index in [1.807, 2.05) is 0 Å². The molecule has 0 bridgehead atoms. The first-order chi connectivity index (χ1) is 7.24. The molecule has 0 aliphatic carbocycles. The van der Waals surface area contributed by atoms with E-state index in [1.165, 1.54) is 64.2 Å². The molecule has 0 saturated heterocycles. The summed E-state index contributed by atoms with van der Waals surface area (Å²) in [5.74, 6) is 0. The van der Waals surface area contributed by atoms with E-state index in [-0.39, 0.29) is 0 Å². The first kappa shape index (κ1) is 15.0. The summed E-state index contributed by atoms with van der Waals surface area (Å²) in [6, 6.07) is 0. The van der Waals surface area contributed by atoms with Crippen LogP contribution in [0.3, 0.4) is 0 Å². The van der Waals surface area contributed by atoms with Crippen LogP contribution in [0.4, 0.5) is 0 Å². The van der Waals surface area contributed by atoms with E-state index in [9.17, 15) is 0 Å². The molecule has 0 aliphatic heterocycles. The van der Waals surface area contributed by atoms with Crippen LogP contribution in [-0.2, 0) is 0 Å². The maximum atomic E-state index is 2.37. The molecule has 0 saturated carbocycles. The van der Waals surface area contributed by atoms with Gasteiger partial charge < -0.3 is 0 Å².